The van der Waals surface area contributed by atoms with Gasteiger partial charge in [-0.25, -0.2) is 9.59 Å². The van der Waals surface area contributed by atoms with E-state index in [1.54, 1.807) is 0 Å². The number of alkyl carbamates (subject to hydrolysis) is 1. The first-order valence-electron chi connectivity index (χ1n) is 9.79. The molecule has 0 aliphatic carbocycles. The first kappa shape index (κ1) is 23.5. The summed E-state index contributed by atoms with van der Waals surface area (Å²) in [6.45, 7) is 4.60. The molecular weight excluding hydrogens is 360 g/mol. The largest absolute Gasteiger partial charge is 0.467 e. The zero-order valence-corrected chi connectivity index (χ0v) is 17.0. The van der Waals surface area contributed by atoms with Gasteiger partial charge in [0, 0.05) is 13.0 Å². The molecule has 1 rings (SSSR count). The second-order valence-electron chi connectivity index (χ2n) is 6.75. The summed E-state index contributed by atoms with van der Waals surface area (Å²) < 4.78 is 9.88. The van der Waals surface area contributed by atoms with E-state index in [1.165, 1.54) is 7.11 Å². The van der Waals surface area contributed by atoms with Crippen molar-refractivity contribution in [2.75, 3.05) is 13.7 Å². The topological polar surface area (TPSA) is 93.7 Å². The van der Waals surface area contributed by atoms with E-state index >= 15 is 0 Å². The molecule has 7 nitrogen and oxygen atoms in total. The number of rotatable bonds is 12. The van der Waals surface area contributed by atoms with Crippen molar-refractivity contribution >= 4 is 18.0 Å². The Morgan fingerprint density at radius 1 is 1.07 bits per heavy atom. The number of esters is 1. The van der Waals surface area contributed by atoms with Gasteiger partial charge in [0.15, 0.2) is 0 Å². The molecule has 0 bridgehead atoms. The normalized spacial score (nSPS) is 12.5. The number of hydrogen-bond donors (Lipinski definition) is 2. The third-order valence-electron chi connectivity index (χ3n) is 4.55. The summed E-state index contributed by atoms with van der Waals surface area (Å²) in [6, 6.07) is 8.87. The Morgan fingerprint density at radius 2 is 1.79 bits per heavy atom. The molecule has 0 saturated carbocycles. The standard InChI is InChI=1S/C21H32N2O5/c1-4-16(2)19(20(25)27-3)23-18(24)13-9-6-10-14-22-21(26)28-15-17-11-7-5-8-12-17/h5,7-8,11-12,16,19H,4,6,9-10,13-15H2,1-3H3,(H,22,26)(H,23,24)/t16-,19-/m1/s1. The maximum Gasteiger partial charge on any atom is 0.407 e. The van der Waals surface area contributed by atoms with Crippen LogP contribution in [0.1, 0.15) is 51.5 Å². The van der Waals surface area contributed by atoms with Crippen LogP contribution in [0.4, 0.5) is 4.79 Å². The smallest absolute Gasteiger partial charge is 0.407 e. The molecule has 0 spiro atoms. The summed E-state index contributed by atoms with van der Waals surface area (Å²) in [6.07, 6.45) is 2.88. The van der Waals surface area contributed by atoms with Crippen LogP contribution in [0.2, 0.25) is 0 Å². The minimum absolute atomic E-state index is 0.0162. The van der Waals surface area contributed by atoms with Gasteiger partial charge in [-0.05, 0) is 24.3 Å². The van der Waals surface area contributed by atoms with Crippen molar-refractivity contribution in [1.82, 2.24) is 10.6 Å². The molecule has 7 heteroatoms. The van der Waals surface area contributed by atoms with Crippen LogP contribution in [-0.2, 0) is 25.7 Å². The van der Waals surface area contributed by atoms with Gasteiger partial charge in [0.2, 0.25) is 5.91 Å². The summed E-state index contributed by atoms with van der Waals surface area (Å²) in [5, 5.41) is 5.45. The molecule has 156 valence electrons. The molecule has 0 aliphatic heterocycles. The molecule has 0 saturated heterocycles. The van der Waals surface area contributed by atoms with E-state index in [0.29, 0.717) is 19.4 Å². The van der Waals surface area contributed by atoms with Crippen LogP contribution < -0.4 is 10.6 Å². The van der Waals surface area contributed by atoms with Crippen LogP contribution in [0.15, 0.2) is 30.3 Å². The predicted octanol–water partition coefficient (Wildman–Crippen LogP) is 3.18. The van der Waals surface area contributed by atoms with Crippen LogP contribution in [0.25, 0.3) is 0 Å². The lowest BCUT2D eigenvalue weighted by Crippen LogP contribution is -2.45. The number of carbonyl (C=O) groups is 3. The predicted molar refractivity (Wildman–Crippen MR) is 106 cm³/mol. The molecule has 28 heavy (non-hydrogen) atoms. The summed E-state index contributed by atoms with van der Waals surface area (Å²) >= 11 is 0. The molecule has 0 heterocycles. The first-order valence-corrected chi connectivity index (χ1v) is 9.79. The lowest BCUT2D eigenvalue weighted by molar-refractivity contribution is -0.146. The van der Waals surface area contributed by atoms with Crippen molar-refractivity contribution in [3.63, 3.8) is 0 Å². The van der Waals surface area contributed by atoms with Crippen LogP contribution in [0, 0.1) is 5.92 Å². The first-order chi connectivity index (χ1) is 13.5. The Kier molecular flexibility index (Phi) is 11.4. The lowest BCUT2D eigenvalue weighted by Gasteiger charge is -2.21. The fourth-order valence-electron chi connectivity index (χ4n) is 2.59. The van der Waals surface area contributed by atoms with E-state index in [1.807, 2.05) is 44.2 Å². The molecule has 0 aromatic heterocycles. The highest BCUT2D eigenvalue weighted by molar-refractivity contribution is 5.84. The van der Waals surface area contributed by atoms with Gasteiger partial charge in [0.05, 0.1) is 7.11 Å². The second kappa shape index (κ2) is 13.6. The molecule has 2 N–H and O–H groups in total. The number of ether oxygens (including phenoxy) is 2. The Morgan fingerprint density at radius 3 is 2.43 bits per heavy atom. The van der Waals surface area contributed by atoms with Gasteiger partial charge in [-0.2, -0.15) is 0 Å². The van der Waals surface area contributed by atoms with E-state index < -0.39 is 18.1 Å². The average Bonchev–Trinajstić information content (AvgIpc) is 2.72. The lowest BCUT2D eigenvalue weighted by atomic mass is 9.99. The number of carbonyl (C=O) groups excluding carboxylic acids is 3. The fraction of sp³-hybridized carbons (Fsp3) is 0.571. The highest BCUT2D eigenvalue weighted by atomic mass is 16.5. The number of unbranched alkanes of at least 4 members (excludes halogenated alkanes) is 2. The van der Waals surface area contributed by atoms with Gasteiger partial charge >= 0.3 is 12.1 Å². The molecule has 0 radical (unpaired) electrons. The third kappa shape index (κ3) is 9.39. The zero-order chi connectivity index (χ0) is 20.8. The Labute approximate surface area is 167 Å². The second-order valence-corrected chi connectivity index (χ2v) is 6.75. The minimum atomic E-state index is -0.608. The zero-order valence-electron chi connectivity index (χ0n) is 17.0. The van der Waals surface area contributed by atoms with Crippen molar-refractivity contribution in [2.24, 2.45) is 5.92 Å². The SMILES string of the molecule is CC[C@@H](C)[C@@H](NC(=O)CCCCCNC(=O)OCc1ccccc1)C(=O)OC. The summed E-state index contributed by atoms with van der Waals surface area (Å²) in [4.78, 5) is 35.4. The summed E-state index contributed by atoms with van der Waals surface area (Å²) in [5.74, 6) is -0.561. The molecule has 1 aromatic carbocycles. The van der Waals surface area contributed by atoms with E-state index in [-0.39, 0.29) is 18.4 Å². The van der Waals surface area contributed by atoms with E-state index in [0.717, 1.165) is 24.8 Å². The third-order valence-corrected chi connectivity index (χ3v) is 4.55. The highest BCUT2D eigenvalue weighted by Crippen LogP contribution is 2.10. The molecule has 0 unspecified atom stereocenters. The number of benzene rings is 1. The fourth-order valence-corrected chi connectivity index (χ4v) is 2.59. The highest BCUT2D eigenvalue weighted by Gasteiger charge is 2.26. The Balaban J connectivity index is 2.13. The maximum absolute atomic E-state index is 12.0. The number of amides is 2. The Hall–Kier alpha value is -2.57. The van der Waals surface area contributed by atoms with Gasteiger partial charge in [0.1, 0.15) is 12.6 Å². The number of nitrogens with one attached hydrogen (secondary N) is 2. The maximum atomic E-state index is 12.0. The monoisotopic (exact) mass is 392 g/mol. The van der Waals surface area contributed by atoms with Crippen LogP contribution >= 0.6 is 0 Å². The van der Waals surface area contributed by atoms with Gasteiger partial charge < -0.3 is 20.1 Å². The van der Waals surface area contributed by atoms with Gasteiger partial charge in [-0.15, -0.1) is 0 Å². The van der Waals surface area contributed by atoms with Crippen LogP contribution in [0.3, 0.4) is 0 Å². The number of methoxy groups -OCH3 is 1. The number of hydrogen-bond acceptors (Lipinski definition) is 5. The van der Waals surface area contributed by atoms with Crippen molar-refractivity contribution in [3.05, 3.63) is 35.9 Å². The quantitative estimate of drug-likeness (QED) is 0.421. The average molecular weight is 392 g/mol. The van der Waals surface area contributed by atoms with E-state index in [2.05, 4.69) is 10.6 Å². The Bertz CT molecular complexity index is 606. The van der Waals surface area contributed by atoms with Crippen molar-refractivity contribution < 1.29 is 23.9 Å². The van der Waals surface area contributed by atoms with E-state index in [4.69, 9.17) is 9.47 Å². The summed E-state index contributed by atoms with van der Waals surface area (Å²) in [7, 11) is 1.32. The molecule has 0 fully saturated rings. The van der Waals surface area contributed by atoms with Crippen LogP contribution in [-0.4, -0.2) is 37.7 Å². The van der Waals surface area contributed by atoms with Crippen molar-refractivity contribution in [1.29, 1.82) is 0 Å². The van der Waals surface area contributed by atoms with Gasteiger partial charge in [-0.3, -0.25) is 4.79 Å². The van der Waals surface area contributed by atoms with Crippen LogP contribution in [0.5, 0.6) is 0 Å². The minimum Gasteiger partial charge on any atom is -0.467 e. The van der Waals surface area contributed by atoms with Gasteiger partial charge in [0.25, 0.3) is 0 Å². The van der Waals surface area contributed by atoms with Crippen molar-refractivity contribution in [2.45, 2.75) is 58.6 Å². The molecular formula is C21H32N2O5. The molecule has 1 aromatic rings. The van der Waals surface area contributed by atoms with Crippen molar-refractivity contribution in [3.8, 4) is 0 Å². The summed E-state index contributed by atoms with van der Waals surface area (Å²) in [5.41, 5.74) is 0.936. The van der Waals surface area contributed by atoms with E-state index in [9.17, 15) is 14.4 Å². The molecule has 2 atom stereocenters. The molecule has 2 amide bonds. The molecule has 0 aliphatic rings. The van der Waals surface area contributed by atoms with Gasteiger partial charge in [-0.1, -0.05) is 57.0 Å².